The first kappa shape index (κ1) is 17.5. The minimum Gasteiger partial charge on any atom is -0.337 e. The lowest BCUT2D eigenvalue weighted by Crippen LogP contribution is -2.45. The van der Waals surface area contributed by atoms with E-state index in [4.69, 9.17) is 0 Å². The number of hydrogen-bond donors (Lipinski definition) is 1. The molecule has 6 nitrogen and oxygen atoms in total. The molecule has 0 aliphatic heterocycles. The van der Waals surface area contributed by atoms with E-state index in [1.165, 1.54) is 11.8 Å². The van der Waals surface area contributed by atoms with Gasteiger partial charge in [0.05, 0.1) is 11.8 Å². The Labute approximate surface area is 151 Å². The third kappa shape index (κ3) is 3.85. The summed E-state index contributed by atoms with van der Waals surface area (Å²) in [5.41, 5.74) is 1.45. The van der Waals surface area contributed by atoms with Crippen molar-refractivity contribution in [3.05, 3.63) is 35.7 Å². The molecule has 1 amide bonds. The minimum absolute atomic E-state index is 0.134. The summed E-state index contributed by atoms with van der Waals surface area (Å²) in [4.78, 5) is 12.3. The Bertz CT molecular complexity index is 817. The van der Waals surface area contributed by atoms with E-state index in [1.807, 2.05) is 36.6 Å². The maximum absolute atomic E-state index is 12.3. The number of carbonyl (C=O) groups excluding carboxylic acids is 1. The van der Waals surface area contributed by atoms with Gasteiger partial charge < -0.3 is 5.32 Å². The molecule has 0 spiro atoms. The highest BCUT2D eigenvalue weighted by molar-refractivity contribution is 7.99. The highest BCUT2D eigenvalue weighted by Gasteiger charge is 2.35. The second kappa shape index (κ2) is 7.28. The number of carbonyl (C=O) groups is 1. The Balaban J connectivity index is 1.70. The number of aromatic nitrogens is 3. The summed E-state index contributed by atoms with van der Waals surface area (Å²) >= 11 is 1.34. The number of nitriles is 1. The fraction of sp³-hybridized carbons (Fsp3) is 0.444. The first-order valence-corrected chi connectivity index (χ1v) is 9.36. The van der Waals surface area contributed by atoms with Gasteiger partial charge in [0.15, 0.2) is 5.16 Å². The molecule has 2 aromatic rings. The molecule has 1 aromatic heterocycles. The van der Waals surface area contributed by atoms with Gasteiger partial charge in [-0.25, -0.2) is 0 Å². The number of thioether (sulfide) groups is 1. The van der Waals surface area contributed by atoms with Crippen LogP contribution in [0.2, 0.25) is 0 Å². The maximum atomic E-state index is 12.3. The summed E-state index contributed by atoms with van der Waals surface area (Å²) in [6.45, 7) is 3.93. The lowest BCUT2D eigenvalue weighted by molar-refractivity contribution is -0.119. The van der Waals surface area contributed by atoms with Gasteiger partial charge in [-0.15, -0.1) is 10.2 Å². The van der Waals surface area contributed by atoms with E-state index in [9.17, 15) is 10.1 Å². The summed E-state index contributed by atoms with van der Waals surface area (Å²) in [5.74, 6) is 0.857. The van der Waals surface area contributed by atoms with E-state index < -0.39 is 5.54 Å². The first-order valence-electron chi connectivity index (χ1n) is 8.37. The van der Waals surface area contributed by atoms with Crippen LogP contribution in [0.4, 0.5) is 0 Å². The molecule has 1 saturated carbocycles. The second-order valence-electron chi connectivity index (χ2n) is 6.44. The van der Waals surface area contributed by atoms with Crippen LogP contribution in [-0.2, 0) is 4.79 Å². The highest BCUT2D eigenvalue weighted by atomic mass is 32.2. The summed E-state index contributed by atoms with van der Waals surface area (Å²) < 4.78 is 1.95. The number of benzene rings is 1. The molecule has 0 bridgehead atoms. The van der Waals surface area contributed by atoms with Gasteiger partial charge in [0.1, 0.15) is 11.4 Å². The van der Waals surface area contributed by atoms with Crippen molar-refractivity contribution in [2.45, 2.75) is 50.2 Å². The monoisotopic (exact) mass is 355 g/mol. The van der Waals surface area contributed by atoms with Crippen LogP contribution in [0, 0.1) is 25.2 Å². The van der Waals surface area contributed by atoms with Gasteiger partial charge in [-0.3, -0.25) is 9.36 Å². The van der Waals surface area contributed by atoms with Crippen molar-refractivity contribution >= 4 is 17.7 Å². The van der Waals surface area contributed by atoms with Gasteiger partial charge in [-0.1, -0.05) is 23.9 Å². The van der Waals surface area contributed by atoms with Crippen molar-refractivity contribution in [3.63, 3.8) is 0 Å². The molecule has 1 N–H and O–H groups in total. The molecule has 130 valence electrons. The van der Waals surface area contributed by atoms with Crippen LogP contribution in [0.1, 0.15) is 37.1 Å². The van der Waals surface area contributed by atoms with Crippen molar-refractivity contribution in [1.29, 1.82) is 5.26 Å². The van der Waals surface area contributed by atoms with Crippen LogP contribution in [0.15, 0.2) is 29.4 Å². The van der Waals surface area contributed by atoms with Crippen LogP contribution in [0.25, 0.3) is 5.69 Å². The smallest absolute Gasteiger partial charge is 0.231 e. The van der Waals surface area contributed by atoms with Gasteiger partial charge in [0.25, 0.3) is 0 Å². The molecule has 25 heavy (non-hydrogen) atoms. The van der Waals surface area contributed by atoms with E-state index in [0.29, 0.717) is 5.16 Å². The molecule has 1 heterocycles. The maximum Gasteiger partial charge on any atom is 0.231 e. The molecule has 0 atom stereocenters. The van der Waals surface area contributed by atoms with Crippen molar-refractivity contribution in [1.82, 2.24) is 20.1 Å². The highest BCUT2D eigenvalue weighted by Crippen LogP contribution is 2.29. The largest absolute Gasteiger partial charge is 0.337 e. The third-order valence-corrected chi connectivity index (χ3v) is 5.37. The van der Waals surface area contributed by atoms with E-state index >= 15 is 0 Å². The molecule has 1 aliphatic rings. The average molecular weight is 355 g/mol. The molecule has 0 radical (unpaired) electrons. The topological polar surface area (TPSA) is 83.6 Å². The van der Waals surface area contributed by atoms with Crippen LogP contribution < -0.4 is 5.32 Å². The lowest BCUT2D eigenvalue weighted by Gasteiger charge is -2.21. The number of nitrogens with one attached hydrogen (secondary N) is 1. The molecule has 3 rings (SSSR count). The minimum atomic E-state index is -0.683. The third-order valence-electron chi connectivity index (χ3n) is 4.44. The standard InChI is InChI=1S/C18H21N5OS/c1-13-6-5-7-15(10-13)23-14(2)21-22-17(23)25-11-16(24)20-18(12-19)8-3-4-9-18/h5-7,10H,3-4,8-9,11H2,1-2H3,(H,20,24). The van der Waals surface area contributed by atoms with Crippen LogP contribution in [0.5, 0.6) is 0 Å². The number of aryl methyl sites for hydroxylation is 2. The van der Waals surface area contributed by atoms with E-state index in [2.05, 4.69) is 27.6 Å². The summed E-state index contributed by atoms with van der Waals surface area (Å²) in [6, 6.07) is 10.4. The Morgan fingerprint density at radius 1 is 1.36 bits per heavy atom. The summed E-state index contributed by atoms with van der Waals surface area (Å²) in [6.07, 6.45) is 3.45. The van der Waals surface area contributed by atoms with Crippen LogP contribution in [0.3, 0.4) is 0 Å². The Morgan fingerprint density at radius 2 is 2.12 bits per heavy atom. The number of rotatable bonds is 5. The van der Waals surface area contributed by atoms with E-state index in [-0.39, 0.29) is 11.7 Å². The number of hydrogen-bond acceptors (Lipinski definition) is 5. The Morgan fingerprint density at radius 3 is 2.80 bits per heavy atom. The van der Waals surface area contributed by atoms with Crippen LogP contribution >= 0.6 is 11.8 Å². The predicted octanol–water partition coefficient (Wildman–Crippen LogP) is 2.93. The second-order valence-corrected chi connectivity index (χ2v) is 7.38. The van der Waals surface area contributed by atoms with Gasteiger partial charge in [0.2, 0.25) is 5.91 Å². The zero-order valence-electron chi connectivity index (χ0n) is 14.5. The van der Waals surface area contributed by atoms with Gasteiger partial charge in [-0.05, 0) is 57.2 Å². The predicted molar refractivity (Wildman–Crippen MR) is 96.5 cm³/mol. The summed E-state index contributed by atoms with van der Waals surface area (Å²) in [7, 11) is 0. The first-order chi connectivity index (χ1) is 12.0. The van der Waals surface area contributed by atoms with Crippen molar-refractivity contribution in [2.24, 2.45) is 0 Å². The van der Waals surface area contributed by atoms with Crippen molar-refractivity contribution < 1.29 is 4.79 Å². The molecular formula is C18H21N5OS. The van der Waals surface area contributed by atoms with Crippen molar-refractivity contribution in [3.8, 4) is 11.8 Å². The number of nitrogens with zero attached hydrogens (tertiary/aromatic N) is 4. The molecule has 0 saturated heterocycles. The average Bonchev–Trinajstić information content (AvgIpc) is 3.20. The number of amides is 1. The van der Waals surface area contributed by atoms with Crippen LogP contribution in [-0.4, -0.2) is 32.0 Å². The zero-order valence-corrected chi connectivity index (χ0v) is 15.3. The Hall–Kier alpha value is -2.33. The molecule has 7 heteroatoms. The zero-order chi connectivity index (χ0) is 17.9. The molecule has 1 aromatic carbocycles. The quantitative estimate of drug-likeness (QED) is 0.834. The molecule has 1 fully saturated rings. The Kier molecular flexibility index (Phi) is 5.09. The fourth-order valence-electron chi connectivity index (χ4n) is 3.18. The normalized spacial score (nSPS) is 15.7. The fourth-order valence-corrected chi connectivity index (χ4v) is 3.97. The molecule has 1 aliphatic carbocycles. The van der Waals surface area contributed by atoms with Gasteiger partial charge in [0, 0.05) is 5.69 Å². The SMILES string of the molecule is Cc1cccc(-n2c(C)nnc2SCC(=O)NC2(C#N)CCCC2)c1. The van der Waals surface area contributed by atoms with Gasteiger partial charge >= 0.3 is 0 Å². The molecule has 0 unspecified atom stereocenters. The van der Waals surface area contributed by atoms with E-state index in [1.54, 1.807) is 0 Å². The summed E-state index contributed by atoms with van der Waals surface area (Å²) in [5, 5.41) is 21.3. The van der Waals surface area contributed by atoms with Crippen molar-refractivity contribution in [2.75, 3.05) is 5.75 Å². The lowest BCUT2D eigenvalue weighted by atomic mass is 10.0. The van der Waals surface area contributed by atoms with Gasteiger partial charge in [-0.2, -0.15) is 5.26 Å². The van der Waals surface area contributed by atoms with E-state index in [0.717, 1.165) is 42.8 Å². The molecular weight excluding hydrogens is 334 g/mol.